The minimum absolute atomic E-state index is 0.740. The van der Waals surface area contributed by atoms with Crippen molar-refractivity contribution in [3.63, 3.8) is 0 Å². The molecule has 1 aromatic heterocycles. The number of pyridine rings is 1. The van der Waals surface area contributed by atoms with Crippen LogP contribution in [0.1, 0.15) is 0 Å². The van der Waals surface area contributed by atoms with Gasteiger partial charge < -0.3 is 5.73 Å². The topological polar surface area (TPSA) is 38.9 Å². The van der Waals surface area contributed by atoms with Gasteiger partial charge in [0.15, 0.2) is 0 Å². The highest BCUT2D eigenvalue weighted by atomic mass is 14.6. The van der Waals surface area contributed by atoms with E-state index < -0.39 is 0 Å². The molecule has 0 aliphatic heterocycles. The Hall–Kier alpha value is -1.83. The molecule has 2 heteroatoms. The van der Waals surface area contributed by atoms with Gasteiger partial charge in [0.05, 0.1) is 5.35 Å². The molecule has 1 heterocycles. The molecule has 0 saturated carbocycles. The lowest BCUT2D eigenvalue weighted by atomic mass is 10.2. The molecule has 0 unspecified atom stereocenters. The summed E-state index contributed by atoms with van der Waals surface area (Å²) in [6, 6.07) is 3.79. The maximum Gasteiger partial charge on any atom is 0.0630 e. The second-order valence-electron chi connectivity index (χ2n) is 2.55. The van der Waals surface area contributed by atoms with Gasteiger partial charge >= 0.3 is 0 Å². The van der Waals surface area contributed by atoms with Crippen LogP contribution in [0.15, 0.2) is 42.8 Å². The predicted molar refractivity (Wildman–Crippen MR) is 55.9 cm³/mol. The molecule has 0 aromatic carbocycles. The molecule has 2 nitrogen and oxygen atoms in total. The molecular formula is C11H12N2. The third kappa shape index (κ3) is 2.30. The lowest BCUT2D eigenvalue weighted by molar-refractivity contribution is 1.23. The van der Waals surface area contributed by atoms with Gasteiger partial charge in [0, 0.05) is 17.6 Å². The Balaban J connectivity index is 3.30. The van der Waals surface area contributed by atoms with E-state index in [-0.39, 0.29) is 0 Å². The summed E-state index contributed by atoms with van der Waals surface area (Å²) < 4.78 is 0. The van der Waals surface area contributed by atoms with Crippen LogP contribution < -0.4 is 16.3 Å². The summed E-state index contributed by atoms with van der Waals surface area (Å²) >= 11 is 0. The van der Waals surface area contributed by atoms with Crippen LogP contribution in [0.5, 0.6) is 0 Å². The Morgan fingerprint density at radius 2 is 2.31 bits per heavy atom. The summed E-state index contributed by atoms with van der Waals surface area (Å²) in [4.78, 5) is 4.06. The van der Waals surface area contributed by atoms with Crippen LogP contribution in [0, 0.1) is 0 Å². The Bertz CT molecular complexity index is 430. The van der Waals surface area contributed by atoms with Crippen molar-refractivity contribution < 1.29 is 0 Å². The van der Waals surface area contributed by atoms with Gasteiger partial charge in [0.25, 0.3) is 0 Å². The third-order valence-corrected chi connectivity index (χ3v) is 1.68. The summed E-state index contributed by atoms with van der Waals surface area (Å²) in [7, 11) is 0. The fraction of sp³-hybridized carbons (Fsp3) is 0. The van der Waals surface area contributed by atoms with Crippen LogP contribution in [0.2, 0.25) is 0 Å². The van der Waals surface area contributed by atoms with E-state index in [1.165, 1.54) is 6.20 Å². The van der Waals surface area contributed by atoms with Crippen LogP contribution in [-0.2, 0) is 0 Å². The molecule has 1 rings (SSSR count). The average Bonchev–Trinajstić information content (AvgIpc) is 2.17. The van der Waals surface area contributed by atoms with E-state index in [1.807, 2.05) is 18.2 Å². The Labute approximate surface area is 77.4 Å². The number of nitrogens with two attached hydrogens (primary N) is 1. The summed E-state index contributed by atoms with van der Waals surface area (Å²) in [5.74, 6) is 0. The Morgan fingerprint density at radius 1 is 1.54 bits per heavy atom. The van der Waals surface area contributed by atoms with Crippen LogP contribution >= 0.6 is 0 Å². The molecule has 2 N–H and O–H groups in total. The molecule has 0 spiro atoms. The summed E-state index contributed by atoms with van der Waals surface area (Å²) in [6.45, 7) is 7.43. The van der Waals surface area contributed by atoms with E-state index in [0.29, 0.717) is 0 Å². The van der Waals surface area contributed by atoms with Crippen LogP contribution in [-0.4, -0.2) is 4.98 Å². The van der Waals surface area contributed by atoms with Crippen LogP contribution in [0.25, 0.3) is 12.7 Å². The largest absolute Gasteiger partial charge is 0.404 e. The molecule has 0 fully saturated rings. The number of hydrogen-bond donors (Lipinski definition) is 1. The lowest BCUT2D eigenvalue weighted by Crippen LogP contribution is -2.25. The van der Waals surface area contributed by atoms with Crippen molar-refractivity contribution in [2.24, 2.45) is 5.73 Å². The van der Waals surface area contributed by atoms with Gasteiger partial charge in [-0.3, -0.25) is 4.98 Å². The highest BCUT2D eigenvalue weighted by molar-refractivity contribution is 5.51. The molecule has 0 bridgehead atoms. The van der Waals surface area contributed by atoms with Crippen LogP contribution in [0.4, 0.5) is 0 Å². The van der Waals surface area contributed by atoms with Crippen molar-refractivity contribution in [1.29, 1.82) is 0 Å². The quantitative estimate of drug-likeness (QED) is 0.652. The second kappa shape index (κ2) is 4.26. The molecule has 0 aliphatic rings. The van der Waals surface area contributed by atoms with Gasteiger partial charge in [-0.2, -0.15) is 0 Å². The van der Waals surface area contributed by atoms with Crippen LogP contribution in [0.3, 0.4) is 0 Å². The number of aromatic nitrogens is 1. The normalized spacial score (nSPS) is 12.9. The van der Waals surface area contributed by atoms with E-state index in [2.05, 4.69) is 18.1 Å². The van der Waals surface area contributed by atoms with Crippen molar-refractivity contribution in [2.45, 2.75) is 0 Å². The molecular weight excluding hydrogens is 160 g/mol. The number of hydrogen-bond acceptors (Lipinski definition) is 2. The standard InChI is InChI=1S/C11H12N2/c1-3-10(8-12)7-11-5-4-6-13-9(11)2/h3-8H,1-2,12H2/b10-8-,11-7-. The maximum absolute atomic E-state index is 5.38. The number of rotatable bonds is 2. The minimum Gasteiger partial charge on any atom is -0.404 e. The lowest BCUT2D eigenvalue weighted by Gasteiger charge is -1.90. The molecule has 66 valence electrons. The van der Waals surface area contributed by atoms with E-state index in [0.717, 1.165) is 16.1 Å². The zero-order valence-corrected chi connectivity index (χ0v) is 7.40. The first-order valence-corrected chi connectivity index (χ1v) is 3.94. The van der Waals surface area contributed by atoms with Crippen molar-refractivity contribution in [2.75, 3.05) is 0 Å². The first-order valence-electron chi connectivity index (χ1n) is 3.94. The van der Waals surface area contributed by atoms with Gasteiger partial charge in [-0.15, -0.1) is 0 Å². The van der Waals surface area contributed by atoms with Gasteiger partial charge in [0.2, 0.25) is 0 Å². The molecule has 1 aromatic rings. The highest BCUT2D eigenvalue weighted by Gasteiger charge is 1.84. The van der Waals surface area contributed by atoms with Crippen molar-refractivity contribution >= 4 is 12.7 Å². The van der Waals surface area contributed by atoms with E-state index in [4.69, 9.17) is 5.73 Å². The van der Waals surface area contributed by atoms with Gasteiger partial charge in [-0.1, -0.05) is 25.3 Å². The number of nitrogens with zero attached hydrogens (tertiary/aromatic N) is 1. The minimum atomic E-state index is 0.740. The molecule has 0 radical (unpaired) electrons. The predicted octanol–water partition coefficient (Wildman–Crippen LogP) is 0.301. The van der Waals surface area contributed by atoms with Gasteiger partial charge in [0.1, 0.15) is 0 Å². The van der Waals surface area contributed by atoms with Gasteiger partial charge in [-0.25, -0.2) is 0 Å². The van der Waals surface area contributed by atoms with Crippen molar-refractivity contribution in [3.05, 3.63) is 53.3 Å². The fourth-order valence-corrected chi connectivity index (χ4v) is 0.936. The summed E-state index contributed by atoms with van der Waals surface area (Å²) in [5.41, 5.74) is 6.24. The Morgan fingerprint density at radius 3 is 2.85 bits per heavy atom. The first kappa shape index (κ1) is 9.26. The summed E-state index contributed by atoms with van der Waals surface area (Å²) in [5, 5.41) is 1.70. The highest BCUT2D eigenvalue weighted by Crippen LogP contribution is 1.92. The second-order valence-corrected chi connectivity index (χ2v) is 2.55. The average molecular weight is 172 g/mol. The first-order chi connectivity index (χ1) is 6.27. The summed E-state index contributed by atoms with van der Waals surface area (Å²) in [6.07, 6.45) is 6.79. The molecule has 13 heavy (non-hydrogen) atoms. The molecule has 0 aliphatic carbocycles. The third-order valence-electron chi connectivity index (χ3n) is 1.68. The van der Waals surface area contributed by atoms with E-state index in [1.54, 1.807) is 12.3 Å². The SMILES string of the molecule is C=CC(=C/N)/C=c1/cccnc1=C. The fourth-order valence-electron chi connectivity index (χ4n) is 0.936. The maximum atomic E-state index is 5.38. The van der Waals surface area contributed by atoms with Gasteiger partial charge in [-0.05, 0) is 17.7 Å². The molecule has 0 amide bonds. The monoisotopic (exact) mass is 172 g/mol. The molecule has 0 saturated heterocycles. The van der Waals surface area contributed by atoms with E-state index >= 15 is 0 Å². The number of allylic oxidation sites excluding steroid dienone is 2. The van der Waals surface area contributed by atoms with E-state index in [9.17, 15) is 0 Å². The Kier molecular flexibility index (Phi) is 3.03. The smallest absolute Gasteiger partial charge is 0.0630 e. The molecule has 0 atom stereocenters. The zero-order valence-electron chi connectivity index (χ0n) is 7.40. The van der Waals surface area contributed by atoms with Crippen molar-refractivity contribution in [3.8, 4) is 0 Å². The zero-order chi connectivity index (χ0) is 9.68. The van der Waals surface area contributed by atoms with Crippen molar-refractivity contribution in [1.82, 2.24) is 4.98 Å².